The molecule has 0 aromatic carbocycles. The summed E-state index contributed by atoms with van der Waals surface area (Å²) in [7, 11) is 0. The van der Waals surface area contributed by atoms with Gasteiger partial charge in [0.15, 0.2) is 0 Å². The molecule has 0 aliphatic carbocycles. The Kier molecular flexibility index (Phi) is 4.49. The minimum Gasteiger partial charge on any atom is -0.481 e. The number of carboxylic acids is 1. The Morgan fingerprint density at radius 2 is 1.90 bits per heavy atom. The quantitative estimate of drug-likeness (QED) is 0.852. The number of aliphatic carboxylic acids is 1. The van der Waals surface area contributed by atoms with E-state index in [4.69, 9.17) is 0 Å². The van der Waals surface area contributed by atoms with E-state index >= 15 is 0 Å². The third-order valence-electron chi connectivity index (χ3n) is 5.47. The molecule has 3 unspecified atom stereocenters. The highest BCUT2D eigenvalue weighted by molar-refractivity contribution is 5.80. The largest absolute Gasteiger partial charge is 0.481 e. The molecule has 0 radical (unpaired) electrons. The Labute approximate surface area is 127 Å². The van der Waals surface area contributed by atoms with Gasteiger partial charge in [0.1, 0.15) is 0 Å². The van der Waals surface area contributed by atoms with Crippen LogP contribution < -0.4 is 0 Å². The van der Waals surface area contributed by atoms with Crippen molar-refractivity contribution >= 4 is 12.0 Å². The minimum absolute atomic E-state index is 0.0258. The van der Waals surface area contributed by atoms with Crippen LogP contribution in [0.1, 0.15) is 47.0 Å². The van der Waals surface area contributed by atoms with Crippen molar-refractivity contribution in [1.29, 1.82) is 0 Å². The number of hydrogen-bond donors (Lipinski definition) is 1. The van der Waals surface area contributed by atoms with Gasteiger partial charge in [0.2, 0.25) is 0 Å². The highest BCUT2D eigenvalue weighted by atomic mass is 16.4. The van der Waals surface area contributed by atoms with E-state index in [-0.39, 0.29) is 18.0 Å². The first-order chi connectivity index (χ1) is 9.78. The third-order valence-corrected chi connectivity index (χ3v) is 5.47. The fourth-order valence-corrected chi connectivity index (χ4v) is 3.63. The summed E-state index contributed by atoms with van der Waals surface area (Å²) in [5.74, 6) is -0.208. The van der Waals surface area contributed by atoms with Crippen LogP contribution in [0.25, 0.3) is 0 Å². The van der Waals surface area contributed by atoms with E-state index < -0.39 is 11.4 Å². The highest BCUT2D eigenvalue weighted by Gasteiger charge is 2.49. The molecule has 3 atom stereocenters. The molecule has 2 saturated heterocycles. The van der Waals surface area contributed by atoms with Crippen molar-refractivity contribution in [2.45, 2.75) is 53.0 Å². The zero-order valence-electron chi connectivity index (χ0n) is 13.6. The molecule has 5 heteroatoms. The average Bonchev–Trinajstić information content (AvgIpc) is 2.87. The van der Waals surface area contributed by atoms with Gasteiger partial charge in [-0.15, -0.1) is 0 Å². The van der Waals surface area contributed by atoms with Crippen molar-refractivity contribution in [3.8, 4) is 0 Å². The molecular formula is C16H28N2O3. The molecule has 2 heterocycles. The molecule has 120 valence electrons. The standard InChI is InChI=1S/C16H28N2O3/c1-11(2)16(14(19)20)7-8-17(10-16)15(21)18-9-12(3)5-6-13(18)4/h11-13H,5-10H2,1-4H3,(H,19,20). The van der Waals surface area contributed by atoms with Gasteiger partial charge < -0.3 is 14.9 Å². The van der Waals surface area contributed by atoms with Crippen LogP contribution in [0.5, 0.6) is 0 Å². The maximum Gasteiger partial charge on any atom is 0.320 e. The summed E-state index contributed by atoms with van der Waals surface area (Å²) in [6.07, 6.45) is 2.76. The zero-order valence-corrected chi connectivity index (χ0v) is 13.6. The van der Waals surface area contributed by atoms with Crippen LogP contribution >= 0.6 is 0 Å². The molecule has 2 amide bonds. The maximum absolute atomic E-state index is 12.7. The lowest BCUT2D eigenvalue weighted by atomic mass is 9.76. The number of rotatable bonds is 2. The van der Waals surface area contributed by atoms with Crippen LogP contribution in [0.15, 0.2) is 0 Å². The summed E-state index contributed by atoms with van der Waals surface area (Å²) in [6.45, 7) is 9.83. The molecular weight excluding hydrogens is 268 g/mol. The predicted molar refractivity (Wildman–Crippen MR) is 81.1 cm³/mol. The van der Waals surface area contributed by atoms with E-state index in [1.165, 1.54) is 0 Å². The summed E-state index contributed by atoms with van der Waals surface area (Å²) < 4.78 is 0. The number of piperidine rings is 1. The Bertz CT molecular complexity index is 424. The van der Waals surface area contributed by atoms with Gasteiger partial charge in [-0.1, -0.05) is 20.8 Å². The van der Waals surface area contributed by atoms with E-state index in [0.29, 0.717) is 25.4 Å². The highest BCUT2D eigenvalue weighted by Crippen LogP contribution is 2.39. The van der Waals surface area contributed by atoms with Crippen LogP contribution in [0, 0.1) is 17.3 Å². The SMILES string of the molecule is CC1CCC(C)N(C(=O)N2CCC(C(=O)O)(C(C)C)C2)C1. The Hall–Kier alpha value is -1.26. The summed E-state index contributed by atoms with van der Waals surface area (Å²) in [5.41, 5.74) is -0.777. The van der Waals surface area contributed by atoms with Crippen LogP contribution in [-0.2, 0) is 4.79 Å². The summed E-state index contributed by atoms with van der Waals surface area (Å²) in [4.78, 5) is 28.1. The molecule has 0 bridgehead atoms. The number of amides is 2. The molecule has 0 spiro atoms. The van der Waals surface area contributed by atoms with Gasteiger partial charge in [-0.05, 0) is 38.0 Å². The average molecular weight is 296 g/mol. The van der Waals surface area contributed by atoms with Crippen molar-refractivity contribution in [2.24, 2.45) is 17.3 Å². The molecule has 0 saturated carbocycles. The number of carboxylic acid groups (broad SMARTS) is 1. The minimum atomic E-state index is -0.777. The second kappa shape index (κ2) is 5.85. The predicted octanol–water partition coefficient (Wildman–Crippen LogP) is 2.66. The number of urea groups is 1. The normalized spacial score (nSPS) is 33.6. The fraction of sp³-hybridized carbons (Fsp3) is 0.875. The third kappa shape index (κ3) is 2.87. The van der Waals surface area contributed by atoms with E-state index in [2.05, 4.69) is 13.8 Å². The van der Waals surface area contributed by atoms with Gasteiger partial charge in [0.05, 0.1) is 5.41 Å². The first-order valence-electron chi connectivity index (χ1n) is 8.07. The summed E-state index contributed by atoms with van der Waals surface area (Å²) in [5, 5.41) is 9.59. The van der Waals surface area contributed by atoms with Crippen molar-refractivity contribution in [3.63, 3.8) is 0 Å². The van der Waals surface area contributed by atoms with Crippen LogP contribution in [-0.4, -0.2) is 52.6 Å². The van der Waals surface area contributed by atoms with Crippen LogP contribution in [0.2, 0.25) is 0 Å². The maximum atomic E-state index is 12.7. The van der Waals surface area contributed by atoms with Crippen molar-refractivity contribution in [2.75, 3.05) is 19.6 Å². The topological polar surface area (TPSA) is 60.9 Å². The number of nitrogens with zero attached hydrogens (tertiary/aromatic N) is 2. The Balaban J connectivity index is 2.09. The van der Waals surface area contributed by atoms with Crippen molar-refractivity contribution in [3.05, 3.63) is 0 Å². The molecule has 0 aromatic heterocycles. The number of carbonyl (C=O) groups is 2. The smallest absolute Gasteiger partial charge is 0.320 e. The van der Waals surface area contributed by atoms with E-state index in [0.717, 1.165) is 19.4 Å². The van der Waals surface area contributed by atoms with Gasteiger partial charge in [-0.3, -0.25) is 4.79 Å². The van der Waals surface area contributed by atoms with E-state index in [9.17, 15) is 14.7 Å². The first-order valence-corrected chi connectivity index (χ1v) is 8.07. The molecule has 1 N–H and O–H groups in total. The molecule has 21 heavy (non-hydrogen) atoms. The lowest BCUT2D eigenvalue weighted by Gasteiger charge is -2.39. The molecule has 2 aliphatic heterocycles. The van der Waals surface area contributed by atoms with Crippen LogP contribution in [0.3, 0.4) is 0 Å². The summed E-state index contributed by atoms with van der Waals surface area (Å²) in [6, 6.07) is 0.283. The Morgan fingerprint density at radius 1 is 1.24 bits per heavy atom. The first kappa shape index (κ1) is 16.1. The van der Waals surface area contributed by atoms with Gasteiger partial charge in [0, 0.05) is 25.7 Å². The molecule has 5 nitrogen and oxygen atoms in total. The van der Waals surface area contributed by atoms with E-state index in [1.54, 1.807) is 4.90 Å². The molecule has 2 aliphatic rings. The second-order valence-electron chi connectivity index (χ2n) is 7.25. The lowest BCUT2D eigenvalue weighted by molar-refractivity contribution is -0.150. The molecule has 0 aromatic rings. The summed E-state index contributed by atoms with van der Waals surface area (Å²) >= 11 is 0. The fourth-order valence-electron chi connectivity index (χ4n) is 3.63. The van der Waals surface area contributed by atoms with Gasteiger partial charge in [-0.2, -0.15) is 0 Å². The number of likely N-dealkylation sites (tertiary alicyclic amines) is 2. The van der Waals surface area contributed by atoms with Gasteiger partial charge >= 0.3 is 12.0 Å². The number of carbonyl (C=O) groups excluding carboxylic acids is 1. The van der Waals surface area contributed by atoms with Gasteiger partial charge in [-0.25, -0.2) is 4.79 Å². The zero-order chi connectivity index (χ0) is 15.8. The molecule has 2 rings (SSSR count). The van der Waals surface area contributed by atoms with Crippen molar-refractivity contribution < 1.29 is 14.7 Å². The van der Waals surface area contributed by atoms with Crippen molar-refractivity contribution in [1.82, 2.24) is 9.80 Å². The van der Waals surface area contributed by atoms with Gasteiger partial charge in [0.25, 0.3) is 0 Å². The lowest BCUT2D eigenvalue weighted by Crippen LogP contribution is -2.51. The Morgan fingerprint density at radius 3 is 2.43 bits per heavy atom. The van der Waals surface area contributed by atoms with E-state index in [1.807, 2.05) is 18.7 Å². The molecule has 2 fully saturated rings. The monoisotopic (exact) mass is 296 g/mol. The second-order valence-corrected chi connectivity index (χ2v) is 7.25. The number of hydrogen-bond acceptors (Lipinski definition) is 2. The van der Waals surface area contributed by atoms with Crippen LogP contribution in [0.4, 0.5) is 4.79 Å².